The van der Waals surface area contributed by atoms with Gasteiger partial charge in [0, 0.05) is 24.1 Å². The average Bonchev–Trinajstić information content (AvgIpc) is 2.87. The predicted molar refractivity (Wildman–Crippen MR) is 97.1 cm³/mol. The van der Waals surface area contributed by atoms with E-state index in [0.717, 1.165) is 19.3 Å². The van der Waals surface area contributed by atoms with Gasteiger partial charge in [-0.1, -0.05) is 31.0 Å². The summed E-state index contributed by atoms with van der Waals surface area (Å²) < 4.78 is 4.87. The molecule has 2 rings (SSSR count). The van der Waals surface area contributed by atoms with Gasteiger partial charge in [-0.2, -0.15) is 0 Å². The second-order valence-electron chi connectivity index (χ2n) is 6.22. The molecule has 1 saturated heterocycles. The summed E-state index contributed by atoms with van der Waals surface area (Å²) in [5.41, 5.74) is 0.934. The van der Waals surface area contributed by atoms with Crippen molar-refractivity contribution in [1.29, 1.82) is 0 Å². The second-order valence-corrected chi connectivity index (χ2v) is 6.22. The molecule has 1 aliphatic heterocycles. The molecule has 1 fully saturated rings. The molecule has 0 unspecified atom stereocenters. The number of phenolic OH excluding ortho intramolecular Hbond substituents is 1. The van der Waals surface area contributed by atoms with Gasteiger partial charge in [0.25, 0.3) is 5.91 Å². The standard InChI is InChI=1S/C20H25NO5/c1-2-26-19(24)11-5-3-4-8-12-21-18(23)14-16(20(21)25)13-15-9-6-7-10-17(15)22/h6-7,9-10,13,22H,2-5,8,11-12,14H2,1H3/b16-13+. The van der Waals surface area contributed by atoms with Crippen LogP contribution in [0.2, 0.25) is 0 Å². The first kappa shape index (κ1) is 19.7. The number of esters is 1. The number of phenols is 1. The normalized spacial score (nSPS) is 15.7. The molecule has 1 N–H and O–H groups in total. The Morgan fingerprint density at radius 3 is 2.65 bits per heavy atom. The molecular formula is C20H25NO5. The van der Waals surface area contributed by atoms with Gasteiger partial charge in [-0.05, 0) is 31.9 Å². The van der Waals surface area contributed by atoms with Gasteiger partial charge in [0.1, 0.15) is 5.75 Å². The quantitative estimate of drug-likeness (QED) is 0.317. The van der Waals surface area contributed by atoms with Crippen LogP contribution in [0.5, 0.6) is 5.75 Å². The number of unbranched alkanes of at least 4 members (excludes halogenated alkanes) is 3. The van der Waals surface area contributed by atoms with Crippen molar-refractivity contribution in [3.05, 3.63) is 35.4 Å². The van der Waals surface area contributed by atoms with Crippen molar-refractivity contribution in [2.45, 2.75) is 45.4 Å². The zero-order valence-corrected chi connectivity index (χ0v) is 15.1. The van der Waals surface area contributed by atoms with Crippen LogP contribution in [-0.4, -0.2) is 40.9 Å². The monoisotopic (exact) mass is 359 g/mol. The SMILES string of the molecule is CCOC(=O)CCCCCCN1C(=O)C/C(=C\c2ccccc2O)C1=O. The van der Waals surface area contributed by atoms with Gasteiger partial charge >= 0.3 is 5.97 Å². The van der Waals surface area contributed by atoms with Crippen molar-refractivity contribution in [2.24, 2.45) is 0 Å². The Morgan fingerprint density at radius 1 is 1.19 bits per heavy atom. The lowest BCUT2D eigenvalue weighted by Gasteiger charge is -2.13. The maximum absolute atomic E-state index is 12.4. The third-order valence-corrected chi connectivity index (χ3v) is 4.25. The molecule has 0 radical (unpaired) electrons. The number of likely N-dealkylation sites (tertiary alicyclic amines) is 1. The lowest BCUT2D eigenvalue weighted by molar-refractivity contribution is -0.143. The van der Waals surface area contributed by atoms with E-state index >= 15 is 0 Å². The Labute approximate surface area is 153 Å². The number of nitrogens with zero attached hydrogens (tertiary/aromatic N) is 1. The van der Waals surface area contributed by atoms with Gasteiger partial charge in [0.2, 0.25) is 5.91 Å². The summed E-state index contributed by atoms with van der Waals surface area (Å²) in [6.45, 7) is 2.56. The van der Waals surface area contributed by atoms with Crippen molar-refractivity contribution in [3.63, 3.8) is 0 Å². The first-order valence-corrected chi connectivity index (χ1v) is 9.01. The summed E-state index contributed by atoms with van der Waals surface area (Å²) >= 11 is 0. The van der Waals surface area contributed by atoms with Crippen molar-refractivity contribution in [2.75, 3.05) is 13.2 Å². The number of carbonyl (C=O) groups excluding carboxylic acids is 3. The minimum atomic E-state index is -0.287. The van der Waals surface area contributed by atoms with Crippen LogP contribution in [-0.2, 0) is 19.1 Å². The van der Waals surface area contributed by atoms with Crippen LogP contribution in [0.4, 0.5) is 0 Å². The number of imide groups is 1. The van der Waals surface area contributed by atoms with Gasteiger partial charge in [-0.15, -0.1) is 0 Å². The van der Waals surface area contributed by atoms with Crippen LogP contribution in [0, 0.1) is 0 Å². The predicted octanol–water partition coefficient (Wildman–Crippen LogP) is 3.05. The number of hydrogen-bond donors (Lipinski definition) is 1. The van der Waals surface area contributed by atoms with Crippen LogP contribution in [0.3, 0.4) is 0 Å². The zero-order chi connectivity index (χ0) is 18.9. The number of ether oxygens (including phenoxy) is 1. The molecule has 0 saturated carbocycles. The average molecular weight is 359 g/mol. The Hall–Kier alpha value is -2.63. The third kappa shape index (κ3) is 5.44. The third-order valence-electron chi connectivity index (χ3n) is 4.25. The number of amides is 2. The number of carbonyl (C=O) groups is 3. The first-order valence-electron chi connectivity index (χ1n) is 9.01. The topological polar surface area (TPSA) is 83.9 Å². The van der Waals surface area contributed by atoms with Crippen LogP contribution in [0.15, 0.2) is 29.8 Å². The Bertz CT molecular complexity index is 695. The Kier molecular flexibility index (Phi) is 7.38. The molecule has 1 aliphatic rings. The van der Waals surface area contributed by atoms with E-state index in [4.69, 9.17) is 4.74 Å². The lowest BCUT2D eigenvalue weighted by Crippen LogP contribution is -2.30. The van der Waals surface area contributed by atoms with Gasteiger partial charge in [0.05, 0.1) is 13.0 Å². The first-order chi connectivity index (χ1) is 12.5. The van der Waals surface area contributed by atoms with Crippen LogP contribution in [0.1, 0.15) is 51.0 Å². The number of rotatable bonds is 9. The van der Waals surface area contributed by atoms with E-state index in [1.54, 1.807) is 37.3 Å². The molecule has 0 aliphatic carbocycles. The smallest absolute Gasteiger partial charge is 0.305 e. The highest BCUT2D eigenvalue weighted by atomic mass is 16.5. The summed E-state index contributed by atoms with van der Waals surface area (Å²) in [5.74, 6) is -0.593. The van der Waals surface area contributed by atoms with E-state index in [0.29, 0.717) is 37.1 Å². The number of benzene rings is 1. The second kappa shape index (κ2) is 9.75. The van der Waals surface area contributed by atoms with E-state index in [9.17, 15) is 19.5 Å². The summed E-state index contributed by atoms with van der Waals surface area (Å²) in [7, 11) is 0. The van der Waals surface area contributed by atoms with Gasteiger partial charge in [0.15, 0.2) is 0 Å². The largest absolute Gasteiger partial charge is 0.507 e. The molecule has 0 aromatic heterocycles. The summed E-state index contributed by atoms with van der Waals surface area (Å²) in [6.07, 6.45) is 5.21. The van der Waals surface area contributed by atoms with E-state index in [2.05, 4.69) is 0 Å². The number of hydrogen-bond acceptors (Lipinski definition) is 5. The van der Waals surface area contributed by atoms with Crippen molar-refractivity contribution in [3.8, 4) is 5.75 Å². The van der Waals surface area contributed by atoms with E-state index < -0.39 is 0 Å². The minimum Gasteiger partial charge on any atom is -0.507 e. The Balaban J connectivity index is 1.79. The van der Waals surface area contributed by atoms with Crippen molar-refractivity contribution < 1.29 is 24.2 Å². The molecule has 1 heterocycles. The summed E-state index contributed by atoms with van der Waals surface area (Å²) in [6, 6.07) is 6.71. The van der Waals surface area contributed by atoms with Gasteiger partial charge in [-0.25, -0.2) is 0 Å². The van der Waals surface area contributed by atoms with E-state index in [-0.39, 0.29) is 30.0 Å². The molecule has 2 amide bonds. The molecule has 0 atom stereocenters. The highest BCUT2D eigenvalue weighted by molar-refractivity contribution is 6.15. The minimum absolute atomic E-state index is 0.0655. The van der Waals surface area contributed by atoms with Crippen molar-refractivity contribution >= 4 is 23.9 Å². The maximum atomic E-state index is 12.4. The highest BCUT2D eigenvalue weighted by Crippen LogP contribution is 2.25. The summed E-state index contributed by atoms with van der Waals surface area (Å²) in [5, 5.41) is 9.80. The molecule has 26 heavy (non-hydrogen) atoms. The number of para-hydroxylation sites is 1. The van der Waals surface area contributed by atoms with Crippen molar-refractivity contribution in [1.82, 2.24) is 4.90 Å². The molecule has 6 nitrogen and oxygen atoms in total. The van der Waals surface area contributed by atoms with Gasteiger partial charge < -0.3 is 9.84 Å². The molecular weight excluding hydrogens is 334 g/mol. The zero-order valence-electron chi connectivity index (χ0n) is 15.1. The fourth-order valence-corrected chi connectivity index (χ4v) is 2.88. The van der Waals surface area contributed by atoms with Crippen LogP contribution >= 0.6 is 0 Å². The molecule has 1 aromatic rings. The fourth-order valence-electron chi connectivity index (χ4n) is 2.88. The Morgan fingerprint density at radius 2 is 1.92 bits per heavy atom. The maximum Gasteiger partial charge on any atom is 0.305 e. The molecule has 140 valence electrons. The molecule has 0 bridgehead atoms. The van der Waals surface area contributed by atoms with Crippen LogP contribution < -0.4 is 0 Å². The van der Waals surface area contributed by atoms with E-state index in [1.807, 2.05) is 0 Å². The molecule has 0 spiro atoms. The number of aromatic hydroxyl groups is 1. The van der Waals surface area contributed by atoms with E-state index in [1.165, 1.54) is 4.90 Å². The van der Waals surface area contributed by atoms with Gasteiger partial charge in [-0.3, -0.25) is 19.3 Å². The lowest BCUT2D eigenvalue weighted by atomic mass is 10.1. The fraction of sp³-hybridized carbons (Fsp3) is 0.450. The van der Waals surface area contributed by atoms with Crippen LogP contribution in [0.25, 0.3) is 6.08 Å². The molecule has 1 aromatic carbocycles. The summed E-state index contributed by atoms with van der Waals surface area (Å²) in [4.78, 5) is 37.0. The highest BCUT2D eigenvalue weighted by Gasteiger charge is 2.33. The molecule has 6 heteroatoms.